The Balaban J connectivity index is 1.77. The fraction of sp³-hybridized carbons (Fsp3) is 1.00. The van der Waals surface area contributed by atoms with Crippen LogP contribution in [0.4, 0.5) is 0 Å². The van der Waals surface area contributed by atoms with Gasteiger partial charge in [0.05, 0.1) is 6.17 Å². The second-order valence-corrected chi connectivity index (χ2v) is 7.55. The standard InChI is InChI=1S/C17H32N2/c1-14(2)12-15-13-19-11-7-10-18-9-6-4-3-5-8-16(15)17(18)19/h14-17H,3-13H2,1-2H3. The molecule has 0 bridgehead atoms. The highest BCUT2D eigenvalue weighted by Crippen LogP contribution is 2.41. The quantitative estimate of drug-likeness (QED) is 0.752. The van der Waals surface area contributed by atoms with E-state index in [0.717, 1.165) is 23.9 Å². The summed E-state index contributed by atoms with van der Waals surface area (Å²) in [4.78, 5) is 5.69. The lowest BCUT2D eigenvalue weighted by Gasteiger charge is -2.42. The van der Waals surface area contributed by atoms with Gasteiger partial charge in [-0.25, -0.2) is 0 Å². The second-order valence-electron chi connectivity index (χ2n) is 7.55. The van der Waals surface area contributed by atoms with Gasteiger partial charge in [0.2, 0.25) is 0 Å². The van der Waals surface area contributed by atoms with Gasteiger partial charge in [0.25, 0.3) is 0 Å². The molecule has 3 saturated heterocycles. The van der Waals surface area contributed by atoms with Crippen LogP contribution in [0.25, 0.3) is 0 Å². The summed E-state index contributed by atoms with van der Waals surface area (Å²) < 4.78 is 0. The zero-order valence-electron chi connectivity index (χ0n) is 13.0. The van der Waals surface area contributed by atoms with Gasteiger partial charge in [-0.05, 0) is 50.0 Å². The van der Waals surface area contributed by atoms with Crippen LogP contribution < -0.4 is 0 Å². The minimum atomic E-state index is 0.815. The maximum atomic E-state index is 2.85. The van der Waals surface area contributed by atoms with E-state index in [4.69, 9.17) is 0 Å². The van der Waals surface area contributed by atoms with Crippen molar-refractivity contribution in [2.75, 3.05) is 26.2 Å². The van der Waals surface area contributed by atoms with Crippen molar-refractivity contribution in [1.29, 1.82) is 0 Å². The fourth-order valence-electron chi connectivity index (χ4n) is 4.93. The molecule has 3 aliphatic rings. The van der Waals surface area contributed by atoms with Crippen LogP contribution in [0, 0.1) is 17.8 Å². The van der Waals surface area contributed by atoms with Crippen LogP contribution in [0.2, 0.25) is 0 Å². The van der Waals surface area contributed by atoms with E-state index in [9.17, 15) is 0 Å². The van der Waals surface area contributed by atoms with Gasteiger partial charge < -0.3 is 0 Å². The van der Waals surface area contributed by atoms with Crippen molar-refractivity contribution in [3.63, 3.8) is 0 Å². The average Bonchev–Trinajstić information content (AvgIpc) is 2.75. The molecule has 0 amide bonds. The Hall–Kier alpha value is -0.0800. The van der Waals surface area contributed by atoms with E-state index in [1.165, 1.54) is 71.1 Å². The predicted molar refractivity (Wildman–Crippen MR) is 81.1 cm³/mol. The Morgan fingerprint density at radius 3 is 2.47 bits per heavy atom. The monoisotopic (exact) mass is 264 g/mol. The van der Waals surface area contributed by atoms with Crippen molar-refractivity contribution in [2.45, 2.75) is 65.0 Å². The maximum Gasteiger partial charge on any atom is 0.0654 e. The Morgan fingerprint density at radius 1 is 0.895 bits per heavy atom. The highest BCUT2D eigenvalue weighted by atomic mass is 15.4. The first-order valence-electron chi connectivity index (χ1n) is 8.74. The molecule has 0 aromatic heterocycles. The number of hydrogen-bond donors (Lipinski definition) is 0. The molecule has 0 aromatic carbocycles. The van der Waals surface area contributed by atoms with Gasteiger partial charge in [0.1, 0.15) is 0 Å². The summed E-state index contributed by atoms with van der Waals surface area (Å²) in [5, 5.41) is 0. The van der Waals surface area contributed by atoms with Crippen molar-refractivity contribution < 1.29 is 0 Å². The van der Waals surface area contributed by atoms with E-state index in [1.54, 1.807) is 0 Å². The first-order valence-corrected chi connectivity index (χ1v) is 8.74. The van der Waals surface area contributed by atoms with Crippen LogP contribution in [0.3, 0.4) is 0 Å². The van der Waals surface area contributed by atoms with Gasteiger partial charge >= 0.3 is 0 Å². The van der Waals surface area contributed by atoms with Crippen LogP contribution in [0.15, 0.2) is 0 Å². The molecule has 0 saturated carbocycles. The first kappa shape index (κ1) is 13.9. The van der Waals surface area contributed by atoms with Crippen LogP contribution in [0.5, 0.6) is 0 Å². The molecule has 0 spiro atoms. The van der Waals surface area contributed by atoms with Gasteiger partial charge in [-0.15, -0.1) is 0 Å². The summed E-state index contributed by atoms with van der Waals surface area (Å²) >= 11 is 0. The Kier molecular flexibility index (Phi) is 4.48. The summed E-state index contributed by atoms with van der Waals surface area (Å²) in [5.41, 5.74) is 0. The van der Waals surface area contributed by atoms with E-state index in [0.29, 0.717) is 0 Å². The minimum Gasteiger partial charge on any atom is -0.288 e. The van der Waals surface area contributed by atoms with Crippen LogP contribution in [-0.2, 0) is 0 Å². The van der Waals surface area contributed by atoms with E-state index in [-0.39, 0.29) is 0 Å². The third kappa shape index (κ3) is 3.00. The molecule has 3 aliphatic heterocycles. The largest absolute Gasteiger partial charge is 0.288 e. The zero-order valence-corrected chi connectivity index (χ0v) is 13.0. The lowest BCUT2D eigenvalue weighted by Crippen LogP contribution is -2.53. The maximum absolute atomic E-state index is 2.85. The molecular formula is C17H32N2. The molecule has 3 heterocycles. The summed E-state index contributed by atoms with van der Waals surface area (Å²) in [6.07, 6.45) is 11.0. The van der Waals surface area contributed by atoms with Gasteiger partial charge in [-0.1, -0.05) is 33.1 Å². The molecule has 3 atom stereocenters. The molecular weight excluding hydrogens is 232 g/mol. The first-order chi connectivity index (χ1) is 9.25. The molecule has 19 heavy (non-hydrogen) atoms. The van der Waals surface area contributed by atoms with Crippen LogP contribution >= 0.6 is 0 Å². The molecule has 0 aromatic rings. The Morgan fingerprint density at radius 2 is 1.63 bits per heavy atom. The summed E-state index contributed by atoms with van der Waals surface area (Å²) in [5.74, 6) is 2.82. The van der Waals surface area contributed by atoms with Crippen LogP contribution in [-0.4, -0.2) is 42.1 Å². The zero-order chi connectivity index (χ0) is 13.2. The van der Waals surface area contributed by atoms with Gasteiger partial charge in [-0.3, -0.25) is 9.80 Å². The van der Waals surface area contributed by atoms with Crippen molar-refractivity contribution in [1.82, 2.24) is 9.80 Å². The summed E-state index contributed by atoms with van der Waals surface area (Å²) in [7, 11) is 0. The van der Waals surface area contributed by atoms with E-state index in [2.05, 4.69) is 23.6 Å². The lowest BCUT2D eigenvalue weighted by atomic mass is 9.83. The van der Waals surface area contributed by atoms with E-state index >= 15 is 0 Å². The molecule has 3 rings (SSSR count). The topological polar surface area (TPSA) is 6.48 Å². The average molecular weight is 264 g/mol. The molecule has 2 nitrogen and oxygen atoms in total. The highest BCUT2D eigenvalue weighted by molar-refractivity contribution is 4.95. The SMILES string of the molecule is CC(C)CC1CN2CCCN3CCCCCCC1C32. The fourth-order valence-corrected chi connectivity index (χ4v) is 4.93. The number of hydrogen-bond acceptors (Lipinski definition) is 2. The molecule has 110 valence electrons. The lowest BCUT2D eigenvalue weighted by molar-refractivity contribution is 0.00900. The smallest absolute Gasteiger partial charge is 0.0654 e. The Labute approximate surface area is 119 Å². The molecule has 0 aliphatic carbocycles. The third-order valence-electron chi connectivity index (χ3n) is 5.60. The predicted octanol–water partition coefficient (Wildman–Crippen LogP) is 3.58. The normalized spacial score (nSPS) is 37.7. The Bertz CT molecular complexity index is 289. The van der Waals surface area contributed by atoms with Crippen molar-refractivity contribution in [3.05, 3.63) is 0 Å². The van der Waals surface area contributed by atoms with Gasteiger partial charge in [-0.2, -0.15) is 0 Å². The van der Waals surface area contributed by atoms with Crippen molar-refractivity contribution in [3.8, 4) is 0 Å². The molecule has 0 radical (unpaired) electrons. The molecule has 3 unspecified atom stereocenters. The minimum absolute atomic E-state index is 0.815. The van der Waals surface area contributed by atoms with Gasteiger partial charge in [0.15, 0.2) is 0 Å². The van der Waals surface area contributed by atoms with Crippen molar-refractivity contribution >= 4 is 0 Å². The summed E-state index contributed by atoms with van der Waals surface area (Å²) in [6.45, 7) is 10.3. The van der Waals surface area contributed by atoms with Crippen molar-refractivity contribution in [2.24, 2.45) is 17.8 Å². The molecule has 2 heteroatoms. The number of nitrogens with zero attached hydrogens (tertiary/aromatic N) is 2. The third-order valence-corrected chi connectivity index (χ3v) is 5.60. The van der Waals surface area contributed by atoms with E-state index in [1.807, 2.05) is 0 Å². The molecule has 3 fully saturated rings. The van der Waals surface area contributed by atoms with Gasteiger partial charge in [0, 0.05) is 19.6 Å². The second kappa shape index (κ2) is 6.13. The molecule has 0 N–H and O–H groups in total. The van der Waals surface area contributed by atoms with Crippen LogP contribution in [0.1, 0.15) is 58.8 Å². The van der Waals surface area contributed by atoms with E-state index < -0.39 is 0 Å². The number of rotatable bonds is 2. The summed E-state index contributed by atoms with van der Waals surface area (Å²) in [6, 6.07) is 0. The highest BCUT2D eigenvalue weighted by Gasteiger charge is 2.45.